The Hall–Kier alpha value is -3.21. The first-order valence-corrected chi connectivity index (χ1v) is 8.48. The second-order valence-electron chi connectivity index (χ2n) is 6.45. The molecule has 1 aliphatic rings. The third-order valence-electron chi connectivity index (χ3n) is 4.27. The van der Waals surface area contributed by atoms with E-state index in [-0.39, 0.29) is 30.1 Å². The summed E-state index contributed by atoms with van der Waals surface area (Å²) in [4.78, 5) is 34.8. The fourth-order valence-electron chi connectivity index (χ4n) is 2.81. The molecule has 2 aromatic rings. The Labute approximate surface area is 152 Å². The van der Waals surface area contributed by atoms with E-state index in [1.54, 1.807) is 18.2 Å². The van der Waals surface area contributed by atoms with Crippen LogP contribution in [0.3, 0.4) is 0 Å². The van der Waals surface area contributed by atoms with Crippen LogP contribution in [0.15, 0.2) is 54.6 Å². The molecule has 1 heterocycles. The Bertz CT molecular complexity index is 852. The zero-order valence-corrected chi connectivity index (χ0v) is 14.5. The molecule has 3 rings (SSSR count). The van der Waals surface area contributed by atoms with E-state index in [0.717, 1.165) is 11.1 Å². The summed E-state index contributed by atoms with van der Waals surface area (Å²) in [5.41, 5.74) is 3.77. The van der Waals surface area contributed by atoms with Gasteiger partial charge in [0.25, 0.3) is 0 Å². The summed E-state index contributed by atoms with van der Waals surface area (Å²) < 4.78 is 0. The van der Waals surface area contributed by atoms with Gasteiger partial charge in [-0.25, -0.2) is 0 Å². The molecule has 0 radical (unpaired) electrons. The molecule has 0 spiro atoms. The molecule has 26 heavy (non-hydrogen) atoms. The highest BCUT2D eigenvalue weighted by Crippen LogP contribution is 2.19. The molecule has 132 valence electrons. The van der Waals surface area contributed by atoms with E-state index in [1.165, 1.54) is 11.6 Å². The Kier molecular flexibility index (Phi) is 5.27. The highest BCUT2D eigenvalue weighted by Gasteiger charge is 2.30. The fourth-order valence-corrected chi connectivity index (χ4v) is 2.81. The largest absolute Gasteiger partial charge is 0.323 e. The van der Waals surface area contributed by atoms with E-state index in [4.69, 9.17) is 0 Å². The van der Waals surface area contributed by atoms with Gasteiger partial charge in [0.1, 0.15) is 0 Å². The smallest absolute Gasteiger partial charge is 0.248 e. The maximum Gasteiger partial charge on any atom is 0.248 e. The van der Waals surface area contributed by atoms with Crippen LogP contribution in [0.1, 0.15) is 23.1 Å². The topological polar surface area (TPSA) is 75.3 Å². The van der Waals surface area contributed by atoms with E-state index >= 15 is 0 Å². The van der Waals surface area contributed by atoms with E-state index in [1.807, 2.05) is 43.3 Å². The van der Waals surface area contributed by atoms with Crippen molar-refractivity contribution in [1.82, 2.24) is 5.32 Å². The number of aryl methyl sites for hydroxylation is 1. The van der Waals surface area contributed by atoms with Gasteiger partial charge in [0.05, 0.1) is 5.92 Å². The number of hydrogen-bond donors (Lipinski definition) is 2. The zero-order chi connectivity index (χ0) is 18.5. The van der Waals surface area contributed by atoms with Crippen molar-refractivity contribution >= 4 is 29.5 Å². The fraction of sp³-hybridized carbons (Fsp3) is 0.190. The molecule has 2 N–H and O–H groups in total. The third-order valence-corrected chi connectivity index (χ3v) is 4.27. The van der Waals surface area contributed by atoms with Crippen molar-refractivity contribution in [3.05, 3.63) is 71.3 Å². The van der Waals surface area contributed by atoms with Gasteiger partial charge in [0.2, 0.25) is 17.7 Å². The van der Waals surface area contributed by atoms with Crippen molar-refractivity contribution in [1.29, 1.82) is 0 Å². The standard InChI is InChI=1S/C21H20N2O3/c1-14-2-4-15(5-3-14)8-11-19(24)22-18-9-6-16(7-10-18)12-17-13-20(25)23-21(17)26/h2-11,17H,12-13H2,1H3,(H,22,24)(H,23,25,26)/b11-8-/t17-/m0/s1. The van der Waals surface area contributed by atoms with Crippen LogP contribution in [-0.4, -0.2) is 17.7 Å². The number of carbonyl (C=O) groups excluding carboxylic acids is 3. The quantitative estimate of drug-likeness (QED) is 0.644. The van der Waals surface area contributed by atoms with Gasteiger partial charge in [0.15, 0.2) is 0 Å². The van der Waals surface area contributed by atoms with Crippen LogP contribution >= 0.6 is 0 Å². The van der Waals surface area contributed by atoms with Crippen LogP contribution in [0.4, 0.5) is 5.69 Å². The predicted octanol–water partition coefficient (Wildman–Crippen LogP) is 2.85. The van der Waals surface area contributed by atoms with Crippen LogP contribution in [0.5, 0.6) is 0 Å². The highest BCUT2D eigenvalue weighted by atomic mass is 16.2. The molecule has 1 saturated heterocycles. The van der Waals surface area contributed by atoms with Crippen molar-refractivity contribution in [2.75, 3.05) is 5.32 Å². The van der Waals surface area contributed by atoms with E-state index in [2.05, 4.69) is 10.6 Å². The van der Waals surface area contributed by atoms with Crippen LogP contribution in [0, 0.1) is 12.8 Å². The van der Waals surface area contributed by atoms with Gasteiger partial charge in [-0.3, -0.25) is 19.7 Å². The Morgan fingerprint density at radius 3 is 2.42 bits per heavy atom. The molecular weight excluding hydrogens is 328 g/mol. The molecule has 0 aromatic heterocycles. The maximum absolute atomic E-state index is 12.0. The Morgan fingerprint density at radius 2 is 1.81 bits per heavy atom. The van der Waals surface area contributed by atoms with Gasteiger partial charge < -0.3 is 5.32 Å². The minimum Gasteiger partial charge on any atom is -0.323 e. The number of carbonyl (C=O) groups is 3. The molecule has 0 aliphatic carbocycles. The Morgan fingerprint density at radius 1 is 1.12 bits per heavy atom. The number of amides is 3. The number of imide groups is 1. The van der Waals surface area contributed by atoms with Crippen molar-refractivity contribution in [3.8, 4) is 0 Å². The lowest BCUT2D eigenvalue weighted by Gasteiger charge is -2.07. The SMILES string of the molecule is Cc1ccc(/C=C\C(=O)Nc2ccc(C[C@H]3CC(=O)NC3=O)cc2)cc1. The molecule has 3 amide bonds. The molecule has 1 atom stereocenters. The first-order valence-electron chi connectivity index (χ1n) is 8.48. The van der Waals surface area contributed by atoms with E-state index < -0.39 is 0 Å². The van der Waals surface area contributed by atoms with Gasteiger partial charge in [-0.05, 0) is 42.7 Å². The summed E-state index contributed by atoms with van der Waals surface area (Å²) >= 11 is 0. The lowest BCUT2D eigenvalue weighted by molar-refractivity contribution is -0.125. The minimum atomic E-state index is -0.305. The Balaban J connectivity index is 1.55. The van der Waals surface area contributed by atoms with Crippen molar-refractivity contribution in [2.45, 2.75) is 19.8 Å². The second kappa shape index (κ2) is 7.78. The summed E-state index contributed by atoms with van der Waals surface area (Å²) in [5.74, 6) is -0.947. The summed E-state index contributed by atoms with van der Waals surface area (Å²) in [6, 6.07) is 15.2. The molecule has 0 saturated carbocycles. The summed E-state index contributed by atoms with van der Waals surface area (Å²) in [6.45, 7) is 2.01. The first kappa shape index (κ1) is 17.6. The van der Waals surface area contributed by atoms with Gasteiger partial charge >= 0.3 is 0 Å². The average molecular weight is 348 g/mol. The number of anilines is 1. The van der Waals surface area contributed by atoms with Gasteiger partial charge in [0, 0.05) is 18.2 Å². The van der Waals surface area contributed by atoms with E-state index in [9.17, 15) is 14.4 Å². The number of rotatable bonds is 5. The lowest BCUT2D eigenvalue weighted by atomic mass is 9.98. The normalized spacial score (nSPS) is 16.7. The molecule has 0 bridgehead atoms. The summed E-state index contributed by atoms with van der Waals surface area (Å²) in [5, 5.41) is 5.11. The first-order chi connectivity index (χ1) is 12.5. The monoisotopic (exact) mass is 348 g/mol. The summed E-state index contributed by atoms with van der Waals surface area (Å²) in [6.07, 6.45) is 4.01. The average Bonchev–Trinajstić information content (AvgIpc) is 2.93. The molecule has 1 aliphatic heterocycles. The van der Waals surface area contributed by atoms with E-state index in [0.29, 0.717) is 12.1 Å². The van der Waals surface area contributed by atoms with Crippen molar-refractivity contribution in [2.24, 2.45) is 5.92 Å². The molecule has 5 heteroatoms. The zero-order valence-electron chi connectivity index (χ0n) is 14.5. The van der Waals surface area contributed by atoms with Crippen molar-refractivity contribution in [3.63, 3.8) is 0 Å². The molecule has 2 aromatic carbocycles. The van der Waals surface area contributed by atoms with Gasteiger partial charge in [-0.1, -0.05) is 42.0 Å². The molecule has 5 nitrogen and oxygen atoms in total. The third kappa shape index (κ3) is 4.66. The van der Waals surface area contributed by atoms with Crippen LogP contribution < -0.4 is 10.6 Å². The molecule has 1 fully saturated rings. The highest BCUT2D eigenvalue weighted by molar-refractivity contribution is 6.03. The van der Waals surface area contributed by atoms with Crippen LogP contribution in [-0.2, 0) is 20.8 Å². The van der Waals surface area contributed by atoms with Gasteiger partial charge in [-0.2, -0.15) is 0 Å². The number of benzene rings is 2. The maximum atomic E-state index is 12.0. The number of nitrogens with one attached hydrogen (secondary N) is 2. The second-order valence-corrected chi connectivity index (χ2v) is 6.45. The lowest BCUT2D eigenvalue weighted by Crippen LogP contribution is -2.22. The van der Waals surface area contributed by atoms with Crippen LogP contribution in [0.2, 0.25) is 0 Å². The van der Waals surface area contributed by atoms with Crippen LogP contribution in [0.25, 0.3) is 6.08 Å². The molecular formula is C21H20N2O3. The summed E-state index contributed by atoms with van der Waals surface area (Å²) in [7, 11) is 0. The predicted molar refractivity (Wildman–Crippen MR) is 100 cm³/mol. The van der Waals surface area contributed by atoms with Gasteiger partial charge in [-0.15, -0.1) is 0 Å². The number of hydrogen-bond acceptors (Lipinski definition) is 3. The molecule has 0 unspecified atom stereocenters. The van der Waals surface area contributed by atoms with Crippen molar-refractivity contribution < 1.29 is 14.4 Å². The minimum absolute atomic E-state index is 0.209.